The SMILES string of the molecule is CCC1COC(C)CN1C(C)CC(C)=O. The molecule has 3 heteroatoms. The quantitative estimate of drug-likeness (QED) is 0.714. The van der Waals surface area contributed by atoms with Crippen molar-refractivity contribution in [3.63, 3.8) is 0 Å². The highest BCUT2D eigenvalue weighted by atomic mass is 16.5. The Morgan fingerprint density at radius 3 is 2.80 bits per heavy atom. The Bertz CT molecular complexity index is 218. The van der Waals surface area contributed by atoms with Crippen molar-refractivity contribution in [2.45, 2.75) is 58.7 Å². The van der Waals surface area contributed by atoms with Gasteiger partial charge in [0.15, 0.2) is 0 Å². The highest BCUT2D eigenvalue weighted by Gasteiger charge is 2.29. The summed E-state index contributed by atoms with van der Waals surface area (Å²) in [4.78, 5) is 13.5. The van der Waals surface area contributed by atoms with Gasteiger partial charge in [-0.3, -0.25) is 9.69 Å². The summed E-state index contributed by atoms with van der Waals surface area (Å²) in [5, 5.41) is 0. The van der Waals surface area contributed by atoms with Gasteiger partial charge in [0.05, 0.1) is 12.7 Å². The van der Waals surface area contributed by atoms with Crippen LogP contribution in [-0.4, -0.2) is 42.0 Å². The number of ether oxygens (including phenoxy) is 1. The van der Waals surface area contributed by atoms with Gasteiger partial charge in [0.25, 0.3) is 0 Å². The van der Waals surface area contributed by atoms with E-state index >= 15 is 0 Å². The molecule has 15 heavy (non-hydrogen) atoms. The molecule has 0 aliphatic carbocycles. The molecule has 0 spiro atoms. The van der Waals surface area contributed by atoms with Crippen LogP contribution in [0, 0.1) is 0 Å². The van der Waals surface area contributed by atoms with E-state index in [1.807, 2.05) is 0 Å². The molecule has 88 valence electrons. The predicted octanol–water partition coefficient (Wildman–Crippen LogP) is 1.85. The van der Waals surface area contributed by atoms with Crippen LogP contribution in [-0.2, 0) is 9.53 Å². The number of hydrogen-bond donors (Lipinski definition) is 0. The lowest BCUT2D eigenvalue weighted by atomic mass is 10.0. The van der Waals surface area contributed by atoms with Gasteiger partial charge < -0.3 is 4.74 Å². The van der Waals surface area contributed by atoms with E-state index in [2.05, 4.69) is 25.7 Å². The van der Waals surface area contributed by atoms with Crippen molar-refractivity contribution in [3.8, 4) is 0 Å². The number of ketones is 1. The van der Waals surface area contributed by atoms with Gasteiger partial charge in [-0.1, -0.05) is 6.92 Å². The first-order valence-electron chi connectivity index (χ1n) is 5.91. The molecule has 1 fully saturated rings. The molecule has 1 rings (SSSR count). The Morgan fingerprint density at radius 1 is 1.60 bits per heavy atom. The second-order valence-corrected chi connectivity index (χ2v) is 4.66. The number of hydrogen-bond acceptors (Lipinski definition) is 3. The second-order valence-electron chi connectivity index (χ2n) is 4.66. The standard InChI is InChI=1S/C12H23NO2/c1-5-12-8-15-11(4)7-13(12)9(2)6-10(3)14/h9,11-12H,5-8H2,1-4H3. The molecule has 0 aromatic heterocycles. The number of rotatable bonds is 4. The highest BCUT2D eigenvalue weighted by Crippen LogP contribution is 2.19. The molecule has 0 N–H and O–H groups in total. The van der Waals surface area contributed by atoms with Gasteiger partial charge in [0.2, 0.25) is 0 Å². The minimum Gasteiger partial charge on any atom is -0.376 e. The van der Waals surface area contributed by atoms with Crippen LogP contribution in [0.1, 0.15) is 40.5 Å². The minimum absolute atomic E-state index is 0.275. The lowest BCUT2D eigenvalue weighted by Crippen LogP contribution is -2.52. The molecule has 1 aliphatic rings. The molecular formula is C12H23NO2. The van der Waals surface area contributed by atoms with Crippen molar-refractivity contribution in [1.82, 2.24) is 4.90 Å². The molecule has 3 atom stereocenters. The molecule has 1 saturated heterocycles. The van der Waals surface area contributed by atoms with Crippen LogP contribution >= 0.6 is 0 Å². The average molecular weight is 213 g/mol. The van der Waals surface area contributed by atoms with E-state index in [0.717, 1.165) is 19.6 Å². The summed E-state index contributed by atoms with van der Waals surface area (Å²) >= 11 is 0. The molecule has 0 radical (unpaired) electrons. The molecule has 0 amide bonds. The fourth-order valence-electron chi connectivity index (χ4n) is 2.30. The summed E-state index contributed by atoms with van der Waals surface area (Å²) in [6.45, 7) is 9.84. The topological polar surface area (TPSA) is 29.5 Å². The zero-order valence-corrected chi connectivity index (χ0v) is 10.3. The number of Topliss-reactive ketones (excluding diaryl/α,β-unsaturated/α-hetero) is 1. The predicted molar refractivity (Wildman–Crippen MR) is 61.0 cm³/mol. The molecule has 1 aliphatic heterocycles. The van der Waals surface area contributed by atoms with E-state index in [-0.39, 0.29) is 5.78 Å². The van der Waals surface area contributed by atoms with Gasteiger partial charge in [0.1, 0.15) is 5.78 Å². The van der Waals surface area contributed by atoms with Crippen molar-refractivity contribution >= 4 is 5.78 Å². The summed E-state index contributed by atoms with van der Waals surface area (Å²) in [5.74, 6) is 0.275. The number of carbonyl (C=O) groups excluding carboxylic acids is 1. The second kappa shape index (κ2) is 5.61. The highest BCUT2D eigenvalue weighted by molar-refractivity contribution is 5.76. The van der Waals surface area contributed by atoms with Gasteiger partial charge in [-0.05, 0) is 27.2 Å². The monoisotopic (exact) mass is 213 g/mol. The van der Waals surface area contributed by atoms with E-state index in [0.29, 0.717) is 24.6 Å². The van der Waals surface area contributed by atoms with Crippen LogP contribution in [0.4, 0.5) is 0 Å². The van der Waals surface area contributed by atoms with E-state index in [1.54, 1.807) is 6.92 Å². The zero-order chi connectivity index (χ0) is 11.4. The summed E-state index contributed by atoms with van der Waals surface area (Å²) in [6.07, 6.45) is 2.04. The minimum atomic E-state index is 0.275. The summed E-state index contributed by atoms with van der Waals surface area (Å²) in [5.41, 5.74) is 0. The fourth-order valence-corrected chi connectivity index (χ4v) is 2.30. The first kappa shape index (κ1) is 12.7. The van der Waals surface area contributed by atoms with Crippen LogP contribution in [0.3, 0.4) is 0 Å². The number of nitrogens with zero attached hydrogens (tertiary/aromatic N) is 1. The van der Waals surface area contributed by atoms with E-state index in [4.69, 9.17) is 4.74 Å². The van der Waals surface area contributed by atoms with Crippen molar-refractivity contribution < 1.29 is 9.53 Å². The molecule has 0 aromatic rings. The normalized spacial score (nSPS) is 30.1. The average Bonchev–Trinajstić information content (AvgIpc) is 2.16. The third-order valence-corrected chi connectivity index (χ3v) is 3.13. The van der Waals surface area contributed by atoms with Gasteiger partial charge in [-0.2, -0.15) is 0 Å². The molecule has 3 unspecified atom stereocenters. The lowest BCUT2D eigenvalue weighted by Gasteiger charge is -2.41. The van der Waals surface area contributed by atoms with E-state index < -0.39 is 0 Å². The number of carbonyl (C=O) groups is 1. The third-order valence-electron chi connectivity index (χ3n) is 3.13. The Morgan fingerprint density at radius 2 is 2.27 bits per heavy atom. The van der Waals surface area contributed by atoms with Crippen LogP contribution in [0.25, 0.3) is 0 Å². The first-order valence-corrected chi connectivity index (χ1v) is 5.91. The maximum atomic E-state index is 11.1. The van der Waals surface area contributed by atoms with Crippen LogP contribution in [0.5, 0.6) is 0 Å². The zero-order valence-electron chi connectivity index (χ0n) is 10.3. The Balaban J connectivity index is 2.57. The lowest BCUT2D eigenvalue weighted by molar-refractivity contribution is -0.120. The molecule has 0 aromatic carbocycles. The van der Waals surface area contributed by atoms with Gasteiger partial charge in [-0.25, -0.2) is 0 Å². The summed E-state index contributed by atoms with van der Waals surface area (Å²) < 4.78 is 5.64. The van der Waals surface area contributed by atoms with Crippen LogP contribution in [0.15, 0.2) is 0 Å². The maximum absolute atomic E-state index is 11.1. The smallest absolute Gasteiger partial charge is 0.131 e. The van der Waals surface area contributed by atoms with Gasteiger partial charge in [0, 0.05) is 25.0 Å². The molecule has 0 saturated carbocycles. The molecule has 1 heterocycles. The Hall–Kier alpha value is -0.410. The molecule has 0 bridgehead atoms. The summed E-state index contributed by atoms with van der Waals surface area (Å²) in [7, 11) is 0. The first-order chi connectivity index (χ1) is 7.04. The fraction of sp³-hybridized carbons (Fsp3) is 0.917. The maximum Gasteiger partial charge on any atom is 0.131 e. The van der Waals surface area contributed by atoms with Crippen molar-refractivity contribution in [2.24, 2.45) is 0 Å². The Labute approximate surface area is 92.8 Å². The van der Waals surface area contributed by atoms with Crippen LogP contribution < -0.4 is 0 Å². The van der Waals surface area contributed by atoms with Crippen molar-refractivity contribution in [2.75, 3.05) is 13.2 Å². The van der Waals surface area contributed by atoms with E-state index in [1.165, 1.54) is 0 Å². The van der Waals surface area contributed by atoms with E-state index in [9.17, 15) is 4.79 Å². The molecule has 3 nitrogen and oxygen atoms in total. The van der Waals surface area contributed by atoms with Crippen LogP contribution in [0.2, 0.25) is 0 Å². The van der Waals surface area contributed by atoms with Gasteiger partial charge in [-0.15, -0.1) is 0 Å². The van der Waals surface area contributed by atoms with Crippen molar-refractivity contribution in [3.05, 3.63) is 0 Å². The molecular weight excluding hydrogens is 190 g/mol. The van der Waals surface area contributed by atoms with Gasteiger partial charge >= 0.3 is 0 Å². The summed E-state index contributed by atoms with van der Waals surface area (Å²) in [6, 6.07) is 0.828. The van der Waals surface area contributed by atoms with Crippen molar-refractivity contribution in [1.29, 1.82) is 0 Å². The third kappa shape index (κ3) is 3.58. The largest absolute Gasteiger partial charge is 0.376 e. The number of morpholine rings is 1. The Kier molecular flexibility index (Phi) is 4.74.